The molecule has 0 aromatic heterocycles. The lowest BCUT2D eigenvalue weighted by molar-refractivity contribution is -0.142. The first-order valence-electron chi connectivity index (χ1n) is 41.7. The minimum absolute atomic E-state index is 0.0548. The standard InChI is InChI=1S/C78H120N26O26S3/c1-36(2)60-75(130)97-49(24-58(112)113)69(124)103-55-35-133-32-42-21-40(20-41(22-42)31-132-34-54(101-61(116)37(3)79)74(129)100-51(28-106)71(126)94-46(10-7-19-88-78(84)85)66(121)96-48(23-39-11-13-43(108)14-12-39)68(123)95-47(67(122)104-60)15-16-57(110)111)30-131-33-53(64(119)90-26-59(114)115)102-62(117)38(4)91-70(125)50(27-105)99-72(127)52(29-107)98-65(120)45(9-6-18-87-77(82)83)92-56(109)25-89-63(118)44(93-73(55)128)8-5-17-86-76(80)81/h11-14,20-22,36-38,44-55,60,105-108H,5-10,15-19,23-35,79H2,1-4H3,(H,89,118)(H,90,119)(H,91,125)(H,92,109)(H,93,128)(H,94,126)(H,95,123)(H,96,121)(H,97,130)(H,98,120)(H,99,127)(H,100,129)(H,101,116)(H,102,117)(H,103,124)(H,104,122)(H,110,111)(H,112,113)(H,114,115)(H4,80,81,86)(H4,82,83,87)(H4,84,85,88)/t37-,38-,44-,45-,46-,47-,48-,49-,50-,51-,52+,53-,54-,55-,60-/m0/s1. The number of benzene rings is 2. The number of amides is 16. The van der Waals surface area contributed by atoms with Crippen LogP contribution in [0.2, 0.25) is 0 Å². The van der Waals surface area contributed by atoms with Crippen molar-refractivity contribution in [3.05, 3.63) is 64.7 Å². The van der Waals surface area contributed by atoms with Crippen molar-refractivity contribution in [3.8, 4) is 5.75 Å². The molecule has 0 fully saturated rings. The van der Waals surface area contributed by atoms with Crippen LogP contribution >= 0.6 is 35.3 Å². The van der Waals surface area contributed by atoms with E-state index in [1.807, 2.05) is 0 Å². The molecule has 15 atom stereocenters. The molecule has 0 saturated heterocycles. The molecule has 2 aliphatic rings. The summed E-state index contributed by atoms with van der Waals surface area (Å²) >= 11 is 2.84. The predicted molar refractivity (Wildman–Crippen MR) is 479 cm³/mol. The van der Waals surface area contributed by atoms with Crippen LogP contribution in [0.1, 0.15) is 108 Å². The normalized spacial score (nSPS) is 23.9. The molecule has 0 spiro atoms. The van der Waals surface area contributed by atoms with Crippen LogP contribution in [0.5, 0.6) is 5.75 Å². The van der Waals surface area contributed by atoms with Gasteiger partial charge in [-0.15, -0.1) is 0 Å². The lowest BCUT2D eigenvalue weighted by atomic mass is 10.0. The second-order valence-electron chi connectivity index (χ2n) is 31.0. The third-order valence-corrected chi connectivity index (χ3v) is 22.9. The summed E-state index contributed by atoms with van der Waals surface area (Å²) in [7, 11) is 0. The van der Waals surface area contributed by atoms with Crippen molar-refractivity contribution in [1.82, 2.24) is 101 Å². The van der Waals surface area contributed by atoms with E-state index < -0.39 is 291 Å². The topological polar surface area (TPSA) is 870 Å². The van der Waals surface area contributed by atoms with Gasteiger partial charge in [-0.1, -0.05) is 44.2 Å². The summed E-state index contributed by atoms with van der Waals surface area (Å²) in [6, 6.07) is -16.8. The number of hydrogen-bond donors (Lipinski definition) is 33. The van der Waals surface area contributed by atoms with E-state index >= 15 is 9.59 Å². The molecular formula is C78H120N26O26S3. The molecule has 4 bridgehead atoms. The predicted octanol–water partition coefficient (Wildman–Crippen LogP) is -11.4. The molecule has 4 rings (SSSR count). The molecule has 0 saturated carbocycles. The molecule has 2 heterocycles. The molecule has 0 unspecified atom stereocenters. The van der Waals surface area contributed by atoms with Gasteiger partial charge >= 0.3 is 17.9 Å². The van der Waals surface area contributed by atoms with E-state index in [-0.39, 0.29) is 98.2 Å². The van der Waals surface area contributed by atoms with E-state index in [0.29, 0.717) is 16.7 Å². The van der Waals surface area contributed by atoms with Gasteiger partial charge in [0.1, 0.15) is 96.9 Å². The Kier molecular flexibility index (Phi) is 48.9. The maximum Gasteiger partial charge on any atom is 0.322 e. The number of hydrogen-bond acceptors (Lipinski definition) is 30. The van der Waals surface area contributed by atoms with Crippen molar-refractivity contribution in [2.75, 3.05) is 69.8 Å². The number of nitrogens with two attached hydrogens (primary N) is 4. The zero-order valence-electron chi connectivity index (χ0n) is 73.2. The number of aliphatic hydroxyl groups excluding tert-OH is 3. The van der Waals surface area contributed by atoms with E-state index in [9.17, 15) is 117 Å². The van der Waals surface area contributed by atoms with E-state index in [4.69, 9.17) is 39.2 Å². The number of rotatable bonds is 28. The first kappa shape index (κ1) is 112. The number of phenols is 1. The Morgan fingerprint density at radius 1 is 0.451 bits per heavy atom. The van der Waals surface area contributed by atoms with E-state index in [0.717, 1.165) is 42.2 Å². The van der Waals surface area contributed by atoms with Crippen LogP contribution in [0.15, 0.2) is 42.5 Å². The fraction of sp³-hybridized carbons (Fsp3) is 0.564. The second-order valence-corrected chi connectivity index (χ2v) is 34.1. The average Bonchev–Trinajstić information content (AvgIpc) is 1.09. The number of aromatic hydroxyl groups is 1. The largest absolute Gasteiger partial charge is 0.508 e. The third kappa shape index (κ3) is 41.9. The van der Waals surface area contributed by atoms with Crippen LogP contribution in [0.4, 0.5) is 0 Å². The number of phenolic OH excluding ortho intramolecular Hbond substituents is 1. The van der Waals surface area contributed by atoms with E-state index in [2.05, 4.69) is 101 Å². The van der Waals surface area contributed by atoms with Gasteiger partial charge in [-0.3, -0.25) is 107 Å². The number of fused-ring (bicyclic) bond motifs is 5. The van der Waals surface area contributed by atoms with Gasteiger partial charge in [-0.25, -0.2) is 0 Å². The summed E-state index contributed by atoms with van der Waals surface area (Å²) < 4.78 is 0. The highest BCUT2D eigenvalue weighted by atomic mass is 32.2. The SMILES string of the molecule is CC(C)[C@@H]1NC(=O)[C@H](CCC(=O)O)NC(=O)[C@H](Cc2ccc(O)cc2)NC(=O)[C@H](CCCNC(=N)N)NC(=O)[C@H](CO)NC(=O)[C@@H](NC(=O)[C@H](C)N)CSCc2cc3cc(c2)CSC[C@H](NC(=O)[C@H](CC(=O)O)NC1=O)C(=O)N[C@@H](CCCNC(=N)N)C(=O)NCC(=O)N[C@@H](CCCNC(=N)N)C(=O)N[C@H](CO)C(=O)N[C@@H](CO)C(=O)N[C@@H](C)C(=O)N[C@H](C(=O)NCC(=O)O)CSC3. The summed E-state index contributed by atoms with van der Waals surface area (Å²) in [5, 5.41) is 140. The number of thioether (sulfide) groups is 3. The molecule has 16 amide bonds. The second kappa shape index (κ2) is 57.9. The van der Waals surface area contributed by atoms with Gasteiger partial charge in [0.25, 0.3) is 0 Å². The smallest absolute Gasteiger partial charge is 0.322 e. The maximum atomic E-state index is 15.2. The van der Waals surface area contributed by atoms with Gasteiger partial charge < -0.3 is 160 Å². The van der Waals surface area contributed by atoms with Crippen molar-refractivity contribution in [3.63, 3.8) is 0 Å². The number of carbonyl (C=O) groups is 19. The highest BCUT2D eigenvalue weighted by molar-refractivity contribution is 7.99. The summed E-state index contributed by atoms with van der Waals surface area (Å²) in [6.45, 7) is -0.673. The summed E-state index contributed by atoms with van der Waals surface area (Å²) in [5.74, 6) is -28.2. The van der Waals surface area contributed by atoms with E-state index in [1.165, 1.54) is 45.0 Å². The lowest BCUT2D eigenvalue weighted by Gasteiger charge is -2.29. The zero-order chi connectivity index (χ0) is 99.3. The Bertz CT molecular complexity index is 4460. The van der Waals surface area contributed by atoms with Crippen LogP contribution in [0.25, 0.3) is 0 Å². The van der Waals surface area contributed by atoms with Crippen LogP contribution in [0.3, 0.4) is 0 Å². The van der Waals surface area contributed by atoms with Gasteiger partial charge in [0.05, 0.1) is 38.8 Å². The fourth-order valence-corrected chi connectivity index (χ4v) is 15.5. The third-order valence-electron chi connectivity index (χ3n) is 19.5. The van der Waals surface area contributed by atoms with Gasteiger partial charge in [0, 0.05) is 67.0 Å². The van der Waals surface area contributed by atoms with Gasteiger partial charge in [0.15, 0.2) is 17.9 Å². The van der Waals surface area contributed by atoms with Gasteiger partial charge in [-0.2, -0.15) is 35.3 Å². The highest BCUT2D eigenvalue weighted by Gasteiger charge is 2.40. The molecular weight excluding hydrogens is 1810 g/mol. The Morgan fingerprint density at radius 2 is 0.865 bits per heavy atom. The lowest BCUT2D eigenvalue weighted by Crippen LogP contribution is -2.62. The Hall–Kier alpha value is -13.1. The zero-order valence-corrected chi connectivity index (χ0v) is 75.6. The number of carboxylic acids is 3. The van der Waals surface area contributed by atoms with Gasteiger partial charge in [-0.05, 0) is 99.1 Å². The number of aliphatic hydroxyl groups is 3. The Labute approximate surface area is 774 Å². The number of carbonyl (C=O) groups excluding carboxylic acids is 16. The van der Waals surface area contributed by atoms with Crippen LogP contribution in [-0.2, 0) is 115 Å². The van der Waals surface area contributed by atoms with Crippen molar-refractivity contribution in [1.29, 1.82) is 16.2 Å². The monoisotopic (exact) mass is 1930 g/mol. The van der Waals surface area contributed by atoms with Crippen LogP contribution in [-0.4, -0.2) is 326 Å². The molecule has 52 nitrogen and oxygen atoms in total. The number of nitrogens with one attached hydrogen (secondary N) is 22. The molecule has 2 aromatic rings. The highest BCUT2D eigenvalue weighted by Crippen LogP contribution is 2.25. The molecule has 2 aromatic carbocycles. The summed E-state index contributed by atoms with van der Waals surface area (Å²) in [4.78, 5) is 267. The Morgan fingerprint density at radius 3 is 1.34 bits per heavy atom. The summed E-state index contributed by atoms with van der Waals surface area (Å²) in [5.41, 5.74) is 23.9. The first-order valence-corrected chi connectivity index (χ1v) is 45.2. The minimum Gasteiger partial charge on any atom is -0.508 e. The molecule has 736 valence electrons. The average molecular weight is 1930 g/mol. The molecule has 133 heavy (non-hydrogen) atoms. The maximum absolute atomic E-state index is 15.2. The minimum atomic E-state index is -2.20. The number of aliphatic carboxylic acids is 3. The Balaban J connectivity index is 2.09. The molecule has 0 radical (unpaired) electrons. The molecule has 37 N–H and O–H groups in total. The van der Waals surface area contributed by atoms with Crippen molar-refractivity contribution < 1.29 is 127 Å². The van der Waals surface area contributed by atoms with Crippen molar-refractivity contribution in [2.45, 2.75) is 200 Å². The van der Waals surface area contributed by atoms with Crippen molar-refractivity contribution >= 4 is 166 Å². The van der Waals surface area contributed by atoms with Crippen molar-refractivity contribution in [2.24, 2.45) is 28.9 Å². The van der Waals surface area contributed by atoms with Crippen LogP contribution < -0.4 is 124 Å². The number of guanidine groups is 3. The number of carboxylic acid groups (broad SMARTS) is 3. The van der Waals surface area contributed by atoms with Gasteiger partial charge in [0.2, 0.25) is 94.5 Å². The quantitative estimate of drug-likeness (QED) is 0.0214. The van der Waals surface area contributed by atoms with Crippen LogP contribution in [0, 0.1) is 22.1 Å². The first-order chi connectivity index (χ1) is 62.8. The molecule has 0 aliphatic carbocycles. The molecule has 2 aliphatic heterocycles. The summed E-state index contributed by atoms with van der Waals surface area (Å²) in [6.07, 6.45) is -4.63. The van der Waals surface area contributed by atoms with E-state index in [1.54, 1.807) is 18.2 Å². The molecule has 55 heteroatoms. The fourth-order valence-electron chi connectivity index (χ4n) is 12.5.